The lowest BCUT2D eigenvalue weighted by molar-refractivity contribution is 0.147. The third kappa shape index (κ3) is 1.78. The monoisotopic (exact) mass is 150 g/mol. The molecule has 0 aromatic heterocycles. The molecule has 9 heavy (non-hydrogen) atoms. The second-order valence-corrected chi connectivity index (χ2v) is 4.32. The van der Waals surface area contributed by atoms with E-state index in [1.165, 1.54) is 0 Å². The van der Waals surface area contributed by atoms with Crippen molar-refractivity contribution >= 4 is 7.60 Å². The van der Waals surface area contributed by atoms with E-state index in [4.69, 9.17) is 9.05 Å². The van der Waals surface area contributed by atoms with Crippen LogP contribution in [0.1, 0.15) is 13.3 Å². The van der Waals surface area contributed by atoms with Crippen LogP contribution in [0.25, 0.3) is 0 Å². The van der Waals surface area contributed by atoms with Gasteiger partial charge in [-0.05, 0) is 6.42 Å². The Morgan fingerprint density at radius 3 is 2.33 bits per heavy atom. The minimum atomic E-state index is -2.59. The van der Waals surface area contributed by atoms with Gasteiger partial charge in [0.15, 0.2) is 0 Å². The van der Waals surface area contributed by atoms with E-state index in [9.17, 15) is 4.57 Å². The summed E-state index contributed by atoms with van der Waals surface area (Å²) in [6.07, 6.45) is 1.36. The maximum atomic E-state index is 11.2. The van der Waals surface area contributed by atoms with E-state index in [-0.39, 0.29) is 0 Å². The van der Waals surface area contributed by atoms with E-state index < -0.39 is 7.60 Å². The maximum Gasteiger partial charge on any atom is 0.330 e. The molecule has 3 nitrogen and oxygen atoms in total. The van der Waals surface area contributed by atoms with E-state index >= 15 is 0 Å². The molecule has 4 heteroatoms. The van der Waals surface area contributed by atoms with Gasteiger partial charge >= 0.3 is 7.60 Å². The molecule has 0 bridgehead atoms. The fraction of sp³-hybridized carbons (Fsp3) is 1.00. The van der Waals surface area contributed by atoms with E-state index in [0.29, 0.717) is 19.4 Å². The molecule has 1 aliphatic rings. The zero-order chi connectivity index (χ0) is 6.74. The molecule has 0 aliphatic carbocycles. The van der Waals surface area contributed by atoms with Crippen molar-refractivity contribution in [3.05, 3.63) is 0 Å². The summed E-state index contributed by atoms with van der Waals surface area (Å²) in [4.78, 5) is 0. The SMILES string of the molecule is CCP1(=O)OCCCO1. The Hall–Kier alpha value is 0.150. The van der Waals surface area contributed by atoms with Crippen LogP contribution in [0.4, 0.5) is 0 Å². The van der Waals surface area contributed by atoms with E-state index in [2.05, 4.69) is 0 Å². The molecule has 1 heterocycles. The minimum absolute atomic E-state index is 0.493. The summed E-state index contributed by atoms with van der Waals surface area (Å²) < 4.78 is 21.1. The number of hydrogen-bond acceptors (Lipinski definition) is 3. The lowest BCUT2D eigenvalue weighted by Crippen LogP contribution is -2.08. The van der Waals surface area contributed by atoms with Crippen molar-refractivity contribution in [2.45, 2.75) is 13.3 Å². The smallest absolute Gasteiger partial charge is 0.308 e. The zero-order valence-electron chi connectivity index (χ0n) is 5.50. The normalized spacial score (nSPS) is 25.9. The fourth-order valence-electron chi connectivity index (χ4n) is 0.686. The highest BCUT2D eigenvalue weighted by Gasteiger charge is 2.24. The molecule has 0 saturated carbocycles. The predicted octanol–water partition coefficient (Wildman–Crippen LogP) is 1.64. The average molecular weight is 150 g/mol. The number of rotatable bonds is 1. The first kappa shape index (κ1) is 7.26. The van der Waals surface area contributed by atoms with Gasteiger partial charge in [0.05, 0.1) is 13.2 Å². The number of hydrogen-bond donors (Lipinski definition) is 0. The van der Waals surface area contributed by atoms with Gasteiger partial charge in [0.25, 0.3) is 0 Å². The Labute approximate surface area is 54.9 Å². The highest BCUT2D eigenvalue weighted by atomic mass is 31.2. The van der Waals surface area contributed by atoms with Crippen molar-refractivity contribution < 1.29 is 13.6 Å². The lowest BCUT2D eigenvalue weighted by Gasteiger charge is -2.21. The summed E-state index contributed by atoms with van der Waals surface area (Å²) in [6.45, 7) is 2.99. The highest BCUT2D eigenvalue weighted by molar-refractivity contribution is 7.53. The topological polar surface area (TPSA) is 35.5 Å². The molecule has 1 aliphatic heterocycles. The molecule has 54 valence electrons. The largest absolute Gasteiger partial charge is 0.330 e. The van der Waals surface area contributed by atoms with Crippen LogP contribution in [0, 0.1) is 0 Å². The van der Waals surface area contributed by atoms with Gasteiger partial charge in [0.1, 0.15) is 0 Å². The molecule has 0 aromatic carbocycles. The van der Waals surface area contributed by atoms with Crippen molar-refractivity contribution in [3.8, 4) is 0 Å². The molecule has 1 fully saturated rings. The van der Waals surface area contributed by atoms with Gasteiger partial charge in [-0.25, -0.2) is 0 Å². The summed E-state index contributed by atoms with van der Waals surface area (Å²) in [5, 5.41) is 0. The summed E-state index contributed by atoms with van der Waals surface area (Å²) in [6, 6.07) is 0. The van der Waals surface area contributed by atoms with Crippen LogP contribution >= 0.6 is 7.60 Å². The molecule has 1 rings (SSSR count). The van der Waals surface area contributed by atoms with Gasteiger partial charge < -0.3 is 9.05 Å². The summed E-state index contributed by atoms with van der Waals surface area (Å²) in [5.74, 6) is 0. The second kappa shape index (κ2) is 2.82. The Balaban J connectivity index is 2.47. The standard InChI is InChI=1S/C5H11O3P/c1-2-9(6)7-4-3-5-8-9/h2-5H2,1H3. The zero-order valence-corrected chi connectivity index (χ0v) is 6.39. The Morgan fingerprint density at radius 1 is 1.44 bits per heavy atom. The maximum absolute atomic E-state index is 11.2. The molecular weight excluding hydrogens is 139 g/mol. The third-order valence-corrected chi connectivity index (χ3v) is 3.18. The van der Waals surface area contributed by atoms with E-state index in [1.807, 2.05) is 6.92 Å². The Bertz CT molecular complexity index is 124. The summed E-state index contributed by atoms with van der Waals surface area (Å²) in [5.41, 5.74) is 0. The first-order valence-corrected chi connectivity index (χ1v) is 4.88. The van der Waals surface area contributed by atoms with Crippen molar-refractivity contribution in [3.63, 3.8) is 0 Å². The van der Waals surface area contributed by atoms with Crippen LogP contribution in [0.3, 0.4) is 0 Å². The Kier molecular flexibility index (Phi) is 2.28. The van der Waals surface area contributed by atoms with Gasteiger partial charge in [-0.15, -0.1) is 0 Å². The summed E-state index contributed by atoms with van der Waals surface area (Å²) >= 11 is 0. The van der Waals surface area contributed by atoms with Gasteiger partial charge in [0.2, 0.25) is 0 Å². The van der Waals surface area contributed by atoms with Crippen LogP contribution in [-0.4, -0.2) is 19.4 Å². The molecule has 1 saturated heterocycles. The molecule has 0 unspecified atom stereocenters. The van der Waals surface area contributed by atoms with E-state index in [0.717, 1.165) is 6.42 Å². The van der Waals surface area contributed by atoms with Crippen LogP contribution in [0.5, 0.6) is 0 Å². The van der Waals surface area contributed by atoms with Gasteiger partial charge in [-0.2, -0.15) is 0 Å². The van der Waals surface area contributed by atoms with Crippen LogP contribution < -0.4 is 0 Å². The molecule has 0 amide bonds. The second-order valence-electron chi connectivity index (χ2n) is 1.95. The van der Waals surface area contributed by atoms with Crippen LogP contribution in [0.2, 0.25) is 0 Å². The average Bonchev–Trinajstić information content (AvgIpc) is 1.90. The minimum Gasteiger partial charge on any atom is -0.308 e. The molecule has 0 atom stereocenters. The highest BCUT2D eigenvalue weighted by Crippen LogP contribution is 2.49. The first-order valence-electron chi connectivity index (χ1n) is 3.15. The molecule has 0 spiro atoms. The fourth-order valence-corrected chi connectivity index (χ4v) is 1.94. The van der Waals surface area contributed by atoms with Crippen LogP contribution in [0.15, 0.2) is 0 Å². The van der Waals surface area contributed by atoms with Gasteiger partial charge in [-0.1, -0.05) is 6.92 Å². The van der Waals surface area contributed by atoms with Gasteiger partial charge in [0, 0.05) is 6.16 Å². The van der Waals surface area contributed by atoms with Crippen molar-refractivity contribution in [1.29, 1.82) is 0 Å². The Morgan fingerprint density at radius 2 is 2.00 bits per heavy atom. The van der Waals surface area contributed by atoms with E-state index in [1.54, 1.807) is 0 Å². The van der Waals surface area contributed by atoms with Crippen molar-refractivity contribution in [1.82, 2.24) is 0 Å². The molecular formula is C5H11O3P. The first-order chi connectivity index (χ1) is 4.27. The molecule has 0 aromatic rings. The molecule has 0 radical (unpaired) electrons. The summed E-state index contributed by atoms with van der Waals surface area (Å²) in [7, 11) is -2.59. The van der Waals surface area contributed by atoms with Crippen molar-refractivity contribution in [2.24, 2.45) is 0 Å². The quantitative estimate of drug-likeness (QED) is 0.533. The lowest BCUT2D eigenvalue weighted by atomic mass is 10.5. The van der Waals surface area contributed by atoms with Crippen molar-refractivity contribution in [2.75, 3.05) is 19.4 Å². The third-order valence-electron chi connectivity index (χ3n) is 1.25. The predicted molar refractivity (Wildman–Crippen MR) is 34.7 cm³/mol. The van der Waals surface area contributed by atoms with Crippen LogP contribution in [-0.2, 0) is 13.6 Å². The van der Waals surface area contributed by atoms with Gasteiger partial charge in [-0.3, -0.25) is 4.57 Å². The molecule has 0 N–H and O–H groups in total.